The summed E-state index contributed by atoms with van der Waals surface area (Å²) in [6.45, 7) is 5.49. The molecule has 1 unspecified atom stereocenters. The number of aliphatic hydroxyl groups excluding tert-OH is 1. The van der Waals surface area contributed by atoms with Gasteiger partial charge in [-0.2, -0.15) is 0 Å². The number of aromatic nitrogens is 1. The summed E-state index contributed by atoms with van der Waals surface area (Å²) < 4.78 is 0. The summed E-state index contributed by atoms with van der Waals surface area (Å²) in [5.74, 6) is -0.146. The van der Waals surface area contributed by atoms with Crippen LogP contribution in [-0.2, 0) is 4.79 Å². The number of aliphatic hydroxyl groups is 1. The lowest BCUT2D eigenvalue weighted by atomic mass is 9.97. The maximum atomic E-state index is 11.2. The second-order valence-electron chi connectivity index (χ2n) is 4.15. The zero-order chi connectivity index (χ0) is 12.1. The van der Waals surface area contributed by atoms with Crippen LogP contribution in [0.5, 0.6) is 0 Å². The topological polar surface area (TPSA) is 62.2 Å². The summed E-state index contributed by atoms with van der Waals surface area (Å²) in [5.41, 5.74) is 1.90. The van der Waals surface area contributed by atoms with Gasteiger partial charge in [-0.25, -0.2) is 0 Å². The van der Waals surface area contributed by atoms with Gasteiger partial charge in [0.05, 0.1) is 11.7 Å². The predicted molar refractivity (Wildman–Crippen MR) is 61.8 cm³/mol. The van der Waals surface area contributed by atoms with Gasteiger partial charge < -0.3 is 10.4 Å². The maximum absolute atomic E-state index is 11.2. The van der Waals surface area contributed by atoms with Crippen LogP contribution >= 0.6 is 0 Å². The van der Waals surface area contributed by atoms with Crippen molar-refractivity contribution in [2.24, 2.45) is 5.92 Å². The van der Waals surface area contributed by atoms with E-state index in [0.29, 0.717) is 0 Å². The van der Waals surface area contributed by atoms with E-state index in [9.17, 15) is 4.79 Å². The number of pyridine rings is 1. The fourth-order valence-corrected chi connectivity index (χ4v) is 1.59. The molecule has 1 atom stereocenters. The number of hydrogen-bond donors (Lipinski definition) is 2. The minimum Gasteiger partial charge on any atom is -0.387 e. The molecular formula is C12H18N2O2. The Balaban J connectivity index is 2.94. The third-order valence-electron chi connectivity index (χ3n) is 2.47. The molecule has 0 aromatic carbocycles. The van der Waals surface area contributed by atoms with Gasteiger partial charge in [-0.05, 0) is 24.5 Å². The molecule has 1 aromatic heterocycles. The normalized spacial score (nSPS) is 12.6. The van der Waals surface area contributed by atoms with Crippen molar-refractivity contribution in [3.05, 3.63) is 29.6 Å². The summed E-state index contributed by atoms with van der Waals surface area (Å²) in [6.07, 6.45) is 1.71. The monoisotopic (exact) mass is 222 g/mol. The Morgan fingerprint density at radius 3 is 2.75 bits per heavy atom. The van der Waals surface area contributed by atoms with Crippen LogP contribution in [0, 0.1) is 12.8 Å². The van der Waals surface area contributed by atoms with Crippen LogP contribution in [0.3, 0.4) is 0 Å². The fraction of sp³-hybridized carbons (Fsp3) is 0.500. The van der Waals surface area contributed by atoms with E-state index in [4.69, 9.17) is 5.11 Å². The van der Waals surface area contributed by atoms with Crippen molar-refractivity contribution in [2.75, 3.05) is 6.61 Å². The Bertz CT molecular complexity index is 364. The van der Waals surface area contributed by atoms with E-state index in [1.54, 1.807) is 6.20 Å². The first-order valence-electron chi connectivity index (χ1n) is 5.38. The molecule has 0 aliphatic heterocycles. The van der Waals surface area contributed by atoms with E-state index >= 15 is 0 Å². The third kappa shape index (κ3) is 3.03. The van der Waals surface area contributed by atoms with Gasteiger partial charge in [0, 0.05) is 6.20 Å². The molecule has 1 aromatic rings. The van der Waals surface area contributed by atoms with E-state index in [1.807, 2.05) is 32.9 Å². The second-order valence-corrected chi connectivity index (χ2v) is 4.15. The Labute approximate surface area is 95.7 Å². The highest BCUT2D eigenvalue weighted by molar-refractivity contribution is 5.77. The number of carbonyl (C=O) groups is 1. The third-order valence-corrected chi connectivity index (χ3v) is 2.47. The average Bonchev–Trinajstić information content (AvgIpc) is 2.26. The minimum absolute atomic E-state index is 0.152. The van der Waals surface area contributed by atoms with Gasteiger partial charge in [-0.15, -0.1) is 0 Å². The number of nitrogens with zero attached hydrogens (tertiary/aromatic N) is 1. The molecule has 1 amide bonds. The van der Waals surface area contributed by atoms with Crippen LogP contribution in [-0.4, -0.2) is 22.6 Å². The number of carbonyl (C=O) groups excluding carboxylic acids is 1. The van der Waals surface area contributed by atoms with E-state index in [2.05, 4.69) is 10.3 Å². The van der Waals surface area contributed by atoms with Gasteiger partial charge in [0.2, 0.25) is 5.91 Å². The highest BCUT2D eigenvalue weighted by Gasteiger charge is 2.20. The van der Waals surface area contributed by atoms with Crippen LogP contribution in [0.15, 0.2) is 18.3 Å². The summed E-state index contributed by atoms with van der Waals surface area (Å²) >= 11 is 0. The van der Waals surface area contributed by atoms with Crippen LogP contribution in [0.25, 0.3) is 0 Å². The number of amides is 1. The Kier molecular flexibility index (Phi) is 4.43. The summed E-state index contributed by atoms with van der Waals surface area (Å²) in [4.78, 5) is 15.5. The molecule has 1 rings (SSSR count). The average molecular weight is 222 g/mol. The first-order valence-corrected chi connectivity index (χ1v) is 5.38. The van der Waals surface area contributed by atoms with Crippen molar-refractivity contribution in [1.82, 2.24) is 10.3 Å². The molecule has 0 saturated carbocycles. The van der Waals surface area contributed by atoms with E-state index in [-0.39, 0.29) is 17.9 Å². The number of nitrogens with one attached hydrogen (secondary N) is 1. The van der Waals surface area contributed by atoms with Gasteiger partial charge in [0.15, 0.2) is 0 Å². The number of aryl methyl sites for hydroxylation is 1. The summed E-state index contributed by atoms with van der Waals surface area (Å²) in [6, 6.07) is 3.67. The largest absolute Gasteiger partial charge is 0.387 e. The molecule has 0 fully saturated rings. The molecule has 16 heavy (non-hydrogen) atoms. The van der Waals surface area contributed by atoms with Crippen molar-refractivity contribution in [3.63, 3.8) is 0 Å². The molecule has 4 heteroatoms. The quantitative estimate of drug-likeness (QED) is 0.804. The number of hydrogen-bond acceptors (Lipinski definition) is 3. The SMILES string of the molecule is Cc1cccnc1C(NC(=O)CO)C(C)C. The molecule has 0 aliphatic carbocycles. The molecule has 0 aliphatic rings. The van der Waals surface area contributed by atoms with Crippen LogP contribution in [0.4, 0.5) is 0 Å². The van der Waals surface area contributed by atoms with Crippen molar-refractivity contribution >= 4 is 5.91 Å². The minimum atomic E-state index is -0.491. The maximum Gasteiger partial charge on any atom is 0.246 e. The van der Waals surface area contributed by atoms with Gasteiger partial charge >= 0.3 is 0 Å². The second kappa shape index (κ2) is 5.61. The Morgan fingerprint density at radius 2 is 2.25 bits per heavy atom. The highest BCUT2D eigenvalue weighted by atomic mass is 16.3. The highest BCUT2D eigenvalue weighted by Crippen LogP contribution is 2.22. The molecule has 1 heterocycles. The standard InChI is InChI=1S/C12H18N2O2/c1-8(2)11(14-10(16)7-15)12-9(3)5-4-6-13-12/h4-6,8,11,15H,7H2,1-3H3,(H,14,16). The van der Waals surface area contributed by atoms with Crippen molar-refractivity contribution in [2.45, 2.75) is 26.8 Å². The van der Waals surface area contributed by atoms with Crippen molar-refractivity contribution in [1.29, 1.82) is 0 Å². The fourth-order valence-electron chi connectivity index (χ4n) is 1.59. The van der Waals surface area contributed by atoms with Crippen LogP contribution < -0.4 is 5.32 Å². The van der Waals surface area contributed by atoms with E-state index in [0.717, 1.165) is 11.3 Å². The molecule has 0 radical (unpaired) electrons. The van der Waals surface area contributed by atoms with Crippen LogP contribution in [0.2, 0.25) is 0 Å². The van der Waals surface area contributed by atoms with Gasteiger partial charge in [-0.1, -0.05) is 19.9 Å². The molecule has 2 N–H and O–H groups in total. The van der Waals surface area contributed by atoms with Crippen molar-refractivity contribution < 1.29 is 9.90 Å². The lowest BCUT2D eigenvalue weighted by molar-refractivity contribution is -0.124. The Hall–Kier alpha value is -1.42. The first kappa shape index (κ1) is 12.6. The van der Waals surface area contributed by atoms with E-state index < -0.39 is 6.61 Å². The molecule has 4 nitrogen and oxygen atoms in total. The zero-order valence-corrected chi connectivity index (χ0v) is 9.90. The molecule has 0 saturated heterocycles. The Morgan fingerprint density at radius 1 is 1.56 bits per heavy atom. The molecular weight excluding hydrogens is 204 g/mol. The predicted octanol–water partition coefficient (Wildman–Crippen LogP) is 1.20. The first-order chi connectivity index (χ1) is 7.56. The van der Waals surface area contributed by atoms with Gasteiger partial charge in [0.1, 0.15) is 6.61 Å². The molecule has 88 valence electrons. The lowest BCUT2D eigenvalue weighted by Crippen LogP contribution is -2.34. The van der Waals surface area contributed by atoms with Crippen molar-refractivity contribution in [3.8, 4) is 0 Å². The van der Waals surface area contributed by atoms with Crippen LogP contribution in [0.1, 0.15) is 31.1 Å². The summed E-state index contributed by atoms with van der Waals surface area (Å²) in [5, 5.41) is 11.5. The van der Waals surface area contributed by atoms with E-state index in [1.165, 1.54) is 0 Å². The van der Waals surface area contributed by atoms with Gasteiger partial charge in [0.25, 0.3) is 0 Å². The lowest BCUT2D eigenvalue weighted by Gasteiger charge is -2.22. The summed E-state index contributed by atoms with van der Waals surface area (Å²) in [7, 11) is 0. The molecule has 0 spiro atoms. The van der Waals surface area contributed by atoms with Gasteiger partial charge in [-0.3, -0.25) is 9.78 Å². The smallest absolute Gasteiger partial charge is 0.246 e. The molecule has 0 bridgehead atoms. The zero-order valence-electron chi connectivity index (χ0n) is 9.90. The number of rotatable bonds is 4.